The topological polar surface area (TPSA) is 215 Å². The van der Waals surface area contributed by atoms with Gasteiger partial charge in [0.2, 0.25) is 0 Å². The highest BCUT2D eigenvalue weighted by Gasteiger charge is 2.17. The molecule has 0 amide bonds. The second kappa shape index (κ2) is 9.96. The van der Waals surface area contributed by atoms with E-state index in [-0.39, 0.29) is 16.8 Å². The summed E-state index contributed by atoms with van der Waals surface area (Å²) in [7, 11) is -7.59. The molecule has 0 atom stereocenters. The lowest BCUT2D eigenvalue weighted by molar-refractivity contribution is 0.425. The lowest BCUT2D eigenvalue weighted by Crippen LogP contribution is -1.98. The van der Waals surface area contributed by atoms with Crippen LogP contribution in [0.3, 0.4) is 0 Å². The maximum Gasteiger partial charge on any atom is 0.425 e. The van der Waals surface area contributed by atoms with Crippen molar-refractivity contribution >= 4 is 48.6 Å². The second-order valence-electron chi connectivity index (χ2n) is 7.09. The van der Waals surface area contributed by atoms with Crippen LogP contribution in [-0.2, 0) is 20.7 Å². The van der Waals surface area contributed by atoms with Gasteiger partial charge in [-0.25, -0.2) is 0 Å². The van der Waals surface area contributed by atoms with Gasteiger partial charge >= 0.3 is 10.6 Å². The molecule has 0 radical (unpaired) electrons. The summed E-state index contributed by atoms with van der Waals surface area (Å²) < 4.78 is 62.6. The van der Waals surface area contributed by atoms with Crippen LogP contribution in [0.2, 0.25) is 0 Å². The molecule has 0 saturated carbocycles. The van der Waals surface area contributed by atoms with Crippen molar-refractivity contribution in [2.75, 3.05) is 5.73 Å². The number of nitrogen functional groups attached to an aromatic ring is 1. The molecule has 0 fully saturated rings. The van der Waals surface area contributed by atoms with Gasteiger partial charge in [-0.15, -0.1) is 22.9 Å². The molecule has 35 heavy (non-hydrogen) atoms. The molecule has 182 valence electrons. The number of aromatic hydroxyl groups is 1. The Labute approximate surface area is 199 Å². The van der Waals surface area contributed by atoms with E-state index in [2.05, 4.69) is 20.4 Å². The summed E-state index contributed by atoms with van der Waals surface area (Å²) in [4.78, 5) is 3.79. The molecule has 0 aliphatic carbocycles. The SMILES string of the molecule is Cc1ccc(N=Nc2ccc3cc(S(=O)(=O)O)cc(O)c3c2N)c(-c2nc(C)no2)c1.O=S(=O)=O. The Hall–Kier alpha value is -4.21. The summed E-state index contributed by atoms with van der Waals surface area (Å²) in [5, 5.41) is 23.0. The highest BCUT2D eigenvalue weighted by atomic mass is 32.2. The third-order valence-electron chi connectivity index (χ3n) is 4.56. The van der Waals surface area contributed by atoms with Crippen molar-refractivity contribution in [3.8, 4) is 17.2 Å². The summed E-state index contributed by atoms with van der Waals surface area (Å²) >= 11 is 0. The highest BCUT2D eigenvalue weighted by molar-refractivity contribution is 7.85. The Bertz CT molecular complexity index is 1670. The van der Waals surface area contributed by atoms with E-state index in [1.54, 1.807) is 13.0 Å². The van der Waals surface area contributed by atoms with Crippen molar-refractivity contribution in [1.82, 2.24) is 10.1 Å². The van der Waals surface area contributed by atoms with E-state index in [9.17, 15) is 18.1 Å². The van der Waals surface area contributed by atoms with Crippen LogP contribution in [0, 0.1) is 13.8 Å². The summed E-state index contributed by atoms with van der Waals surface area (Å²) in [5.74, 6) is 0.381. The van der Waals surface area contributed by atoms with E-state index in [0.717, 1.165) is 11.6 Å². The predicted molar refractivity (Wildman–Crippen MR) is 123 cm³/mol. The molecule has 0 saturated heterocycles. The molecule has 0 bridgehead atoms. The van der Waals surface area contributed by atoms with Gasteiger partial charge in [0.25, 0.3) is 16.0 Å². The summed E-state index contributed by atoms with van der Waals surface area (Å²) in [6.45, 7) is 3.62. The molecule has 0 spiro atoms. The number of hydrogen-bond acceptors (Lipinski definition) is 12. The van der Waals surface area contributed by atoms with Crippen molar-refractivity contribution in [3.05, 3.63) is 53.9 Å². The van der Waals surface area contributed by atoms with Gasteiger partial charge in [0.15, 0.2) is 5.82 Å². The van der Waals surface area contributed by atoms with Crippen LogP contribution in [0.5, 0.6) is 5.75 Å². The fourth-order valence-corrected chi connectivity index (χ4v) is 3.63. The molecule has 4 aromatic rings. The Morgan fingerprint density at radius 1 is 1.00 bits per heavy atom. The third-order valence-corrected chi connectivity index (χ3v) is 5.39. The van der Waals surface area contributed by atoms with Crippen LogP contribution in [0.25, 0.3) is 22.2 Å². The number of aromatic nitrogens is 2. The molecule has 1 heterocycles. The van der Waals surface area contributed by atoms with Gasteiger partial charge in [-0.05, 0) is 43.5 Å². The molecule has 15 heteroatoms. The predicted octanol–water partition coefficient (Wildman–Crippen LogP) is 3.45. The molecule has 4 rings (SSSR count). The number of hydrogen-bond donors (Lipinski definition) is 3. The number of anilines is 1. The van der Waals surface area contributed by atoms with E-state index < -0.39 is 31.4 Å². The van der Waals surface area contributed by atoms with Gasteiger partial charge in [0.05, 0.1) is 21.8 Å². The number of aryl methyl sites for hydroxylation is 2. The van der Waals surface area contributed by atoms with Gasteiger partial charge in [0.1, 0.15) is 11.4 Å². The minimum atomic E-state index is -4.48. The average molecular weight is 520 g/mol. The molecule has 1 aromatic heterocycles. The molecule has 0 unspecified atom stereocenters. The van der Waals surface area contributed by atoms with Crippen LogP contribution in [0.15, 0.2) is 62.1 Å². The zero-order valence-electron chi connectivity index (χ0n) is 18.1. The minimum Gasteiger partial charge on any atom is -0.507 e. The van der Waals surface area contributed by atoms with Gasteiger partial charge in [-0.3, -0.25) is 4.55 Å². The molecular formula is C20H17N5O8S2. The number of rotatable bonds is 4. The summed E-state index contributed by atoms with van der Waals surface area (Å²) in [6, 6.07) is 10.6. The molecule has 3 aromatic carbocycles. The van der Waals surface area contributed by atoms with E-state index >= 15 is 0 Å². The number of phenols is 1. The van der Waals surface area contributed by atoms with Crippen molar-refractivity contribution in [2.24, 2.45) is 10.2 Å². The molecule has 0 aliphatic rings. The standard InChI is InChI=1S/C20H17N5O5S.O3S/c1-10-3-5-15(14(7-10)20-22-11(2)25-30-20)23-24-16-6-4-12-8-13(31(27,28)29)9-17(26)18(12)19(16)21;1-4(2)3/h3-9,26H,21H2,1-2H3,(H,27,28,29);. The number of fused-ring (bicyclic) bond motifs is 1. The monoisotopic (exact) mass is 519 g/mol. The smallest absolute Gasteiger partial charge is 0.425 e. The average Bonchev–Trinajstić information content (AvgIpc) is 3.18. The maximum absolute atomic E-state index is 11.4. The highest BCUT2D eigenvalue weighted by Crippen LogP contribution is 2.39. The molecule has 0 aliphatic heterocycles. The van der Waals surface area contributed by atoms with Crippen LogP contribution >= 0.6 is 0 Å². The lowest BCUT2D eigenvalue weighted by atomic mass is 10.1. The first kappa shape index (κ1) is 25.4. The van der Waals surface area contributed by atoms with Gasteiger partial charge in [-0.2, -0.15) is 13.4 Å². The van der Waals surface area contributed by atoms with E-state index in [0.29, 0.717) is 28.4 Å². The number of benzene rings is 3. The summed E-state index contributed by atoms with van der Waals surface area (Å²) in [5.41, 5.74) is 8.55. The fourth-order valence-electron chi connectivity index (χ4n) is 3.09. The third kappa shape index (κ3) is 6.03. The van der Waals surface area contributed by atoms with Crippen molar-refractivity contribution in [3.63, 3.8) is 0 Å². The van der Waals surface area contributed by atoms with Gasteiger partial charge in [0, 0.05) is 11.5 Å². The van der Waals surface area contributed by atoms with Crippen molar-refractivity contribution < 1.29 is 35.2 Å². The van der Waals surface area contributed by atoms with E-state index in [4.69, 9.17) is 22.9 Å². The molecule has 13 nitrogen and oxygen atoms in total. The van der Waals surface area contributed by atoms with Gasteiger partial charge in [-0.1, -0.05) is 22.9 Å². The van der Waals surface area contributed by atoms with Gasteiger partial charge < -0.3 is 15.4 Å². The first-order chi connectivity index (χ1) is 16.4. The first-order valence-electron chi connectivity index (χ1n) is 9.49. The number of nitrogens with two attached hydrogens (primary N) is 1. The first-order valence-corrected chi connectivity index (χ1v) is 11.9. The zero-order valence-corrected chi connectivity index (χ0v) is 19.7. The van der Waals surface area contributed by atoms with Crippen LogP contribution in [0.1, 0.15) is 11.4 Å². The minimum absolute atomic E-state index is 0.0999. The Kier molecular flexibility index (Phi) is 7.23. The van der Waals surface area contributed by atoms with Crippen molar-refractivity contribution in [2.45, 2.75) is 18.7 Å². The maximum atomic E-state index is 11.4. The fraction of sp³-hybridized carbons (Fsp3) is 0.100. The van der Waals surface area contributed by atoms with Crippen LogP contribution in [-0.4, -0.2) is 40.8 Å². The zero-order chi connectivity index (χ0) is 25.9. The Morgan fingerprint density at radius 3 is 2.23 bits per heavy atom. The molecular weight excluding hydrogens is 502 g/mol. The largest absolute Gasteiger partial charge is 0.507 e. The van der Waals surface area contributed by atoms with E-state index in [1.807, 2.05) is 19.1 Å². The van der Waals surface area contributed by atoms with Crippen LogP contribution in [0.4, 0.5) is 17.1 Å². The number of azo groups is 1. The normalized spacial score (nSPS) is 11.4. The van der Waals surface area contributed by atoms with Crippen molar-refractivity contribution in [1.29, 1.82) is 0 Å². The lowest BCUT2D eigenvalue weighted by Gasteiger charge is -2.09. The molecule has 4 N–H and O–H groups in total. The Balaban J connectivity index is 0.000000795. The second-order valence-corrected chi connectivity index (χ2v) is 8.92. The number of nitrogens with zero attached hydrogens (tertiary/aromatic N) is 4. The van der Waals surface area contributed by atoms with Crippen LogP contribution < -0.4 is 5.73 Å². The number of phenolic OH excluding ortho intramolecular Hbond substituents is 1. The van der Waals surface area contributed by atoms with E-state index in [1.165, 1.54) is 18.2 Å². The quantitative estimate of drug-likeness (QED) is 0.201. The Morgan fingerprint density at radius 2 is 1.63 bits per heavy atom. The summed E-state index contributed by atoms with van der Waals surface area (Å²) in [6.07, 6.45) is 0.